The van der Waals surface area contributed by atoms with Gasteiger partial charge in [-0.1, -0.05) is 13.0 Å². The Labute approximate surface area is 64.2 Å². The molecule has 0 heterocycles. The summed E-state index contributed by atoms with van der Waals surface area (Å²) in [5.41, 5.74) is 1.70. The third-order valence-corrected chi connectivity index (χ3v) is 2.55. The molecule has 0 bridgehead atoms. The van der Waals surface area contributed by atoms with Crippen molar-refractivity contribution in [2.45, 2.75) is 13.3 Å². The molecule has 4 heteroatoms. The van der Waals surface area contributed by atoms with Crippen LogP contribution in [-0.4, -0.2) is 11.9 Å². The van der Waals surface area contributed by atoms with Crippen molar-refractivity contribution in [3.05, 3.63) is 11.6 Å². The van der Waals surface area contributed by atoms with Gasteiger partial charge < -0.3 is 0 Å². The summed E-state index contributed by atoms with van der Waals surface area (Å²) in [6.07, 6.45) is 3.41. The van der Waals surface area contributed by atoms with Gasteiger partial charge >= 0.3 is 0 Å². The average Bonchev–Trinajstić information content (AvgIpc) is 2.50. The molecule has 0 spiro atoms. The maximum absolute atomic E-state index is 7.73. The van der Waals surface area contributed by atoms with E-state index in [0.717, 1.165) is 0 Å². The highest BCUT2D eigenvalue weighted by Crippen LogP contribution is 2.65. The van der Waals surface area contributed by atoms with Crippen molar-refractivity contribution in [2.24, 2.45) is 11.3 Å². The summed E-state index contributed by atoms with van der Waals surface area (Å²) in [6, 6.07) is 0. The lowest BCUT2D eigenvalue weighted by Gasteiger charge is -2.19. The van der Waals surface area contributed by atoms with Gasteiger partial charge in [0.05, 0.1) is 0 Å². The molecule has 2 aliphatic rings. The molecule has 2 aliphatic carbocycles. The Balaban J connectivity index is 1.71. The third kappa shape index (κ3) is 1.08. The van der Waals surface area contributed by atoms with E-state index >= 15 is 0 Å². The standard InChI is InChI=1S/C7H10O4/c1-7-2-5(6(7)3-7)4-9-11-10-8/h2,6,8H,3-4H2,1H3. The average molecular weight is 158 g/mol. The highest BCUT2D eigenvalue weighted by Gasteiger charge is 2.57. The Hall–Kier alpha value is -0.420. The van der Waals surface area contributed by atoms with Gasteiger partial charge in [-0.15, -0.1) is 0 Å². The summed E-state index contributed by atoms with van der Waals surface area (Å²) in [4.78, 5) is 4.49. The highest BCUT2D eigenvalue weighted by molar-refractivity contribution is 5.38. The van der Waals surface area contributed by atoms with E-state index in [2.05, 4.69) is 28.0 Å². The molecule has 0 aliphatic heterocycles. The first kappa shape index (κ1) is 7.24. The third-order valence-electron chi connectivity index (χ3n) is 2.55. The molecule has 2 unspecified atom stereocenters. The van der Waals surface area contributed by atoms with Gasteiger partial charge in [-0.25, -0.2) is 5.26 Å². The van der Waals surface area contributed by atoms with Crippen molar-refractivity contribution in [2.75, 3.05) is 6.61 Å². The maximum atomic E-state index is 7.73. The molecule has 0 aromatic heterocycles. The first-order valence-corrected chi connectivity index (χ1v) is 3.57. The van der Waals surface area contributed by atoms with E-state index in [-0.39, 0.29) is 0 Å². The smallest absolute Gasteiger partial charge is 0.107 e. The number of fused-ring (bicyclic) bond motifs is 1. The zero-order valence-corrected chi connectivity index (χ0v) is 6.24. The van der Waals surface area contributed by atoms with Gasteiger partial charge in [-0.2, -0.15) is 4.89 Å². The van der Waals surface area contributed by atoms with E-state index < -0.39 is 0 Å². The van der Waals surface area contributed by atoms with Gasteiger partial charge in [0.1, 0.15) is 6.61 Å². The zero-order valence-electron chi connectivity index (χ0n) is 6.24. The van der Waals surface area contributed by atoms with Crippen LogP contribution in [0.2, 0.25) is 0 Å². The van der Waals surface area contributed by atoms with Crippen molar-refractivity contribution in [3.8, 4) is 0 Å². The first-order valence-electron chi connectivity index (χ1n) is 3.57. The molecule has 2 rings (SSSR count). The maximum Gasteiger partial charge on any atom is 0.107 e. The largest absolute Gasteiger partial charge is 0.219 e. The van der Waals surface area contributed by atoms with Crippen molar-refractivity contribution in [3.63, 3.8) is 0 Å². The van der Waals surface area contributed by atoms with Gasteiger partial charge in [-0.3, -0.25) is 0 Å². The fourth-order valence-corrected chi connectivity index (χ4v) is 1.78. The normalized spacial score (nSPS) is 39.1. The molecule has 0 amide bonds. The fourth-order valence-electron chi connectivity index (χ4n) is 1.78. The predicted octanol–water partition coefficient (Wildman–Crippen LogP) is 1.31. The highest BCUT2D eigenvalue weighted by atomic mass is 17.6. The second-order valence-corrected chi connectivity index (χ2v) is 3.39. The summed E-state index contributed by atoms with van der Waals surface area (Å²) >= 11 is 0. The van der Waals surface area contributed by atoms with Crippen LogP contribution < -0.4 is 0 Å². The molecule has 2 atom stereocenters. The molecule has 1 saturated carbocycles. The Kier molecular flexibility index (Phi) is 1.50. The molecule has 1 fully saturated rings. The Morgan fingerprint density at radius 1 is 1.82 bits per heavy atom. The van der Waals surface area contributed by atoms with Crippen molar-refractivity contribution in [1.29, 1.82) is 0 Å². The van der Waals surface area contributed by atoms with E-state index in [1.54, 1.807) is 0 Å². The second-order valence-electron chi connectivity index (χ2n) is 3.39. The summed E-state index contributed by atoms with van der Waals surface area (Å²) in [5, 5.41) is 14.9. The van der Waals surface area contributed by atoms with E-state index in [1.807, 2.05) is 0 Å². The van der Waals surface area contributed by atoms with Crippen LogP contribution in [0.3, 0.4) is 0 Å². The number of allylic oxidation sites excluding steroid dienone is 1. The topological polar surface area (TPSA) is 47.9 Å². The van der Waals surface area contributed by atoms with E-state index in [1.165, 1.54) is 12.0 Å². The molecule has 11 heavy (non-hydrogen) atoms. The van der Waals surface area contributed by atoms with E-state index in [9.17, 15) is 0 Å². The lowest BCUT2D eigenvalue weighted by molar-refractivity contribution is -0.621. The van der Waals surface area contributed by atoms with Gasteiger partial charge in [0.2, 0.25) is 0 Å². The molecule has 0 aromatic carbocycles. The summed E-state index contributed by atoms with van der Waals surface area (Å²) in [5.74, 6) is 0.685. The molecule has 0 saturated heterocycles. The summed E-state index contributed by atoms with van der Waals surface area (Å²) in [7, 11) is 0. The Bertz CT molecular complexity index is 201. The summed E-state index contributed by atoms with van der Waals surface area (Å²) < 4.78 is 0. The lowest BCUT2D eigenvalue weighted by atomic mass is 9.89. The molecule has 0 aromatic rings. The van der Waals surface area contributed by atoms with Crippen molar-refractivity contribution < 1.29 is 20.2 Å². The zero-order chi connectivity index (χ0) is 7.90. The van der Waals surface area contributed by atoms with Crippen LogP contribution in [-0.2, 0) is 15.0 Å². The van der Waals surface area contributed by atoms with Gasteiger partial charge in [-0.05, 0) is 33.4 Å². The minimum atomic E-state index is 0.390. The minimum Gasteiger partial charge on any atom is -0.219 e. The van der Waals surface area contributed by atoms with Crippen LogP contribution in [0.1, 0.15) is 13.3 Å². The molecule has 4 nitrogen and oxygen atoms in total. The second kappa shape index (κ2) is 2.28. The quantitative estimate of drug-likeness (QED) is 0.290. The lowest BCUT2D eigenvalue weighted by Crippen LogP contribution is -2.13. The monoisotopic (exact) mass is 158 g/mol. The Morgan fingerprint density at radius 3 is 3.09 bits per heavy atom. The van der Waals surface area contributed by atoms with Crippen LogP contribution in [0.15, 0.2) is 11.6 Å². The van der Waals surface area contributed by atoms with Gasteiger partial charge in [0.25, 0.3) is 0 Å². The molecule has 1 N–H and O–H groups in total. The molecule has 0 radical (unpaired) electrons. The first-order chi connectivity index (χ1) is 5.26. The molecular formula is C7H10O4. The van der Waals surface area contributed by atoms with Gasteiger partial charge in [0, 0.05) is 0 Å². The van der Waals surface area contributed by atoms with Crippen LogP contribution in [0, 0.1) is 11.3 Å². The van der Waals surface area contributed by atoms with Crippen LogP contribution in [0.5, 0.6) is 0 Å². The van der Waals surface area contributed by atoms with E-state index in [4.69, 9.17) is 5.26 Å². The number of rotatable bonds is 4. The Morgan fingerprint density at radius 2 is 2.64 bits per heavy atom. The van der Waals surface area contributed by atoms with Gasteiger partial charge in [0.15, 0.2) is 0 Å². The molecule has 62 valence electrons. The SMILES string of the molecule is CC12C=C(COOOO)C1C2. The van der Waals surface area contributed by atoms with Crippen molar-refractivity contribution >= 4 is 0 Å². The number of hydrogen-bond acceptors (Lipinski definition) is 4. The van der Waals surface area contributed by atoms with Crippen molar-refractivity contribution in [1.82, 2.24) is 0 Å². The number of hydrogen-bond donors (Lipinski definition) is 1. The minimum absolute atomic E-state index is 0.390. The van der Waals surface area contributed by atoms with Crippen LogP contribution >= 0.6 is 0 Å². The van der Waals surface area contributed by atoms with Crippen LogP contribution in [0.25, 0.3) is 0 Å². The summed E-state index contributed by atoms with van der Waals surface area (Å²) in [6.45, 7) is 2.60. The van der Waals surface area contributed by atoms with Crippen LogP contribution in [0.4, 0.5) is 0 Å². The molecular weight excluding hydrogens is 148 g/mol. The fraction of sp³-hybridized carbons (Fsp3) is 0.714. The van der Waals surface area contributed by atoms with E-state index in [0.29, 0.717) is 17.9 Å². The predicted molar refractivity (Wildman–Crippen MR) is 35.0 cm³/mol.